The molecular formula is C21H27N3O5S. The van der Waals surface area contributed by atoms with Crippen LogP contribution in [0.25, 0.3) is 0 Å². The van der Waals surface area contributed by atoms with Gasteiger partial charge in [0.05, 0.1) is 17.7 Å². The maximum absolute atomic E-state index is 12.4. The lowest BCUT2D eigenvalue weighted by Crippen LogP contribution is -2.23. The number of anilines is 1. The van der Waals surface area contributed by atoms with Crippen LogP contribution in [-0.2, 0) is 19.7 Å². The molecule has 162 valence electrons. The second kappa shape index (κ2) is 10.2. The van der Waals surface area contributed by atoms with Gasteiger partial charge in [-0.3, -0.25) is 4.79 Å². The van der Waals surface area contributed by atoms with Crippen LogP contribution in [0.4, 0.5) is 5.69 Å². The molecule has 0 fully saturated rings. The van der Waals surface area contributed by atoms with E-state index >= 15 is 0 Å². The largest absolute Gasteiger partial charge is 0.494 e. The van der Waals surface area contributed by atoms with E-state index in [2.05, 4.69) is 10.5 Å². The number of sulfonamides is 1. The molecule has 2 aromatic carbocycles. The Morgan fingerprint density at radius 2 is 1.83 bits per heavy atom. The molecule has 30 heavy (non-hydrogen) atoms. The quantitative estimate of drug-likeness (QED) is 0.484. The van der Waals surface area contributed by atoms with Crippen LogP contribution in [0.5, 0.6) is 5.75 Å². The monoisotopic (exact) mass is 433 g/mol. The van der Waals surface area contributed by atoms with Crippen LogP contribution in [0.1, 0.15) is 23.6 Å². The Morgan fingerprint density at radius 1 is 1.17 bits per heavy atom. The molecule has 0 aromatic heterocycles. The first-order chi connectivity index (χ1) is 14.1. The maximum atomic E-state index is 12.4. The molecule has 1 amide bonds. The van der Waals surface area contributed by atoms with Crippen molar-refractivity contribution in [1.29, 1.82) is 0 Å². The van der Waals surface area contributed by atoms with Gasteiger partial charge in [0, 0.05) is 19.8 Å². The van der Waals surface area contributed by atoms with E-state index in [-0.39, 0.29) is 11.5 Å². The minimum Gasteiger partial charge on any atom is -0.494 e. The molecule has 2 rings (SSSR count). The molecule has 0 spiro atoms. The number of aryl methyl sites for hydroxylation is 1. The lowest BCUT2D eigenvalue weighted by atomic mass is 10.1. The van der Waals surface area contributed by atoms with Crippen LogP contribution in [0.15, 0.2) is 46.4 Å². The van der Waals surface area contributed by atoms with Gasteiger partial charge in [-0.2, -0.15) is 0 Å². The highest BCUT2D eigenvalue weighted by molar-refractivity contribution is 7.89. The Hall–Kier alpha value is -2.91. The molecule has 0 unspecified atom stereocenters. The molecule has 0 radical (unpaired) electrons. The summed E-state index contributed by atoms with van der Waals surface area (Å²) in [7, 11) is -0.700. The topological polar surface area (TPSA) is 97.3 Å². The van der Waals surface area contributed by atoms with Crippen molar-refractivity contribution in [3.63, 3.8) is 0 Å². The standard InChI is InChI=1S/C21H27N3O5S/c1-6-28-18-9-7-17(8-10-18)13-22-29-14-21(25)23-20-12-19(11-15(2)16(20)3)30(26,27)24(4)5/h7-13H,6,14H2,1-5H3,(H,23,25)/b22-13+. The number of benzene rings is 2. The minimum absolute atomic E-state index is 0.111. The Kier molecular flexibility index (Phi) is 7.96. The number of oxime groups is 1. The van der Waals surface area contributed by atoms with Gasteiger partial charge in [0.25, 0.3) is 5.91 Å². The molecule has 0 bridgehead atoms. The van der Waals surface area contributed by atoms with Gasteiger partial charge in [-0.1, -0.05) is 5.16 Å². The average Bonchev–Trinajstić information content (AvgIpc) is 2.69. The lowest BCUT2D eigenvalue weighted by Gasteiger charge is -2.16. The van der Waals surface area contributed by atoms with E-state index in [0.717, 1.165) is 26.7 Å². The van der Waals surface area contributed by atoms with Gasteiger partial charge in [-0.05, 0) is 73.9 Å². The van der Waals surface area contributed by atoms with E-state index in [4.69, 9.17) is 9.57 Å². The van der Waals surface area contributed by atoms with Crippen LogP contribution < -0.4 is 10.1 Å². The highest BCUT2D eigenvalue weighted by Gasteiger charge is 2.20. The third kappa shape index (κ3) is 6.04. The van der Waals surface area contributed by atoms with Crippen molar-refractivity contribution < 1.29 is 22.8 Å². The molecule has 0 heterocycles. The van der Waals surface area contributed by atoms with E-state index in [1.165, 1.54) is 26.4 Å². The van der Waals surface area contributed by atoms with Crippen molar-refractivity contribution >= 4 is 27.8 Å². The molecular weight excluding hydrogens is 406 g/mol. The third-order valence-electron chi connectivity index (χ3n) is 4.36. The van der Waals surface area contributed by atoms with Crippen molar-refractivity contribution in [2.45, 2.75) is 25.7 Å². The zero-order chi connectivity index (χ0) is 22.3. The Labute approximate surface area is 177 Å². The molecule has 0 saturated heterocycles. The SMILES string of the molecule is CCOc1ccc(/C=N/OCC(=O)Nc2cc(S(=O)(=O)N(C)C)cc(C)c2C)cc1. The summed E-state index contributed by atoms with van der Waals surface area (Å²) < 4.78 is 31.3. The Morgan fingerprint density at radius 3 is 2.43 bits per heavy atom. The van der Waals surface area contributed by atoms with Crippen LogP contribution >= 0.6 is 0 Å². The van der Waals surface area contributed by atoms with Crippen molar-refractivity contribution in [1.82, 2.24) is 4.31 Å². The van der Waals surface area contributed by atoms with E-state index in [9.17, 15) is 13.2 Å². The Balaban J connectivity index is 2.00. The van der Waals surface area contributed by atoms with Crippen LogP contribution in [0, 0.1) is 13.8 Å². The average molecular weight is 434 g/mol. The van der Waals surface area contributed by atoms with Crippen LogP contribution in [0.2, 0.25) is 0 Å². The highest BCUT2D eigenvalue weighted by atomic mass is 32.2. The first kappa shape index (κ1) is 23.4. The normalized spacial score (nSPS) is 11.7. The molecule has 0 atom stereocenters. The van der Waals surface area contributed by atoms with Gasteiger partial charge < -0.3 is 14.9 Å². The van der Waals surface area contributed by atoms with E-state index in [0.29, 0.717) is 12.3 Å². The number of nitrogens with zero attached hydrogens (tertiary/aromatic N) is 2. The van der Waals surface area contributed by atoms with Gasteiger partial charge in [-0.25, -0.2) is 12.7 Å². The van der Waals surface area contributed by atoms with Gasteiger partial charge in [-0.15, -0.1) is 0 Å². The van der Waals surface area contributed by atoms with Gasteiger partial charge in [0.1, 0.15) is 5.75 Å². The first-order valence-electron chi connectivity index (χ1n) is 9.37. The minimum atomic E-state index is -3.61. The number of hydrogen-bond acceptors (Lipinski definition) is 6. The van der Waals surface area contributed by atoms with Crippen molar-refractivity contribution in [2.75, 3.05) is 32.6 Å². The summed E-state index contributed by atoms with van der Waals surface area (Å²) in [6, 6.07) is 10.3. The predicted molar refractivity (Wildman–Crippen MR) is 117 cm³/mol. The fourth-order valence-electron chi connectivity index (χ4n) is 2.51. The summed E-state index contributed by atoms with van der Waals surface area (Å²) in [4.78, 5) is 17.4. The van der Waals surface area contributed by atoms with Gasteiger partial charge in [0.15, 0.2) is 6.61 Å². The lowest BCUT2D eigenvalue weighted by molar-refractivity contribution is -0.120. The van der Waals surface area contributed by atoms with Crippen molar-refractivity contribution in [3.05, 3.63) is 53.1 Å². The molecule has 9 heteroatoms. The van der Waals surface area contributed by atoms with E-state index in [1.54, 1.807) is 13.0 Å². The van der Waals surface area contributed by atoms with E-state index < -0.39 is 15.9 Å². The first-order valence-corrected chi connectivity index (χ1v) is 10.8. The molecule has 0 aliphatic heterocycles. The second-order valence-corrected chi connectivity index (χ2v) is 8.91. The summed E-state index contributed by atoms with van der Waals surface area (Å²) in [5.41, 5.74) is 2.74. The molecule has 0 aliphatic carbocycles. The zero-order valence-corrected chi connectivity index (χ0v) is 18.6. The van der Waals surface area contributed by atoms with Gasteiger partial charge >= 0.3 is 0 Å². The fraction of sp³-hybridized carbons (Fsp3) is 0.333. The van der Waals surface area contributed by atoms with Crippen molar-refractivity contribution in [2.24, 2.45) is 5.16 Å². The number of carbonyl (C=O) groups is 1. The number of rotatable bonds is 9. The number of hydrogen-bond donors (Lipinski definition) is 1. The van der Waals surface area contributed by atoms with Gasteiger partial charge in [0.2, 0.25) is 10.0 Å². The summed E-state index contributed by atoms with van der Waals surface area (Å²) >= 11 is 0. The number of nitrogens with one attached hydrogen (secondary N) is 1. The van der Waals surface area contributed by atoms with Crippen molar-refractivity contribution in [3.8, 4) is 5.75 Å². The molecule has 0 saturated carbocycles. The fourth-order valence-corrected chi connectivity index (χ4v) is 3.53. The molecule has 8 nitrogen and oxygen atoms in total. The summed E-state index contributed by atoms with van der Waals surface area (Å²) in [6.07, 6.45) is 1.49. The van der Waals surface area contributed by atoms with E-state index in [1.807, 2.05) is 38.1 Å². The number of carbonyl (C=O) groups excluding carboxylic acids is 1. The number of ether oxygens (including phenoxy) is 1. The zero-order valence-electron chi connectivity index (χ0n) is 17.8. The summed E-state index contributed by atoms with van der Waals surface area (Å²) in [5.74, 6) is 0.319. The predicted octanol–water partition coefficient (Wildman–Crippen LogP) is 2.94. The smallest absolute Gasteiger partial charge is 0.265 e. The Bertz CT molecular complexity index is 1020. The molecule has 1 N–H and O–H groups in total. The van der Waals surface area contributed by atoms with Crippen LogP contribution in [-0.4, -0.2) is 52.2 Å². The maximum Gasteiger partial charge on any atom is 0.265 e. The third-order valence-corrected chi connectivity index (χ3v) is 6.15. The molecule has 2 aromatic rings. The number of amides is 1. The second-order valence-electron chi connectivity index (χ2n) is 6.76. The summed E-state index contributed by atoms with van der Waals surface area (Å²) in [6.45, 7) is 5.79. The summed E-state index contributed by atoms with van der Waals surface area (Å²) in [5, 5.41) is 6.47. The van der Waals surface area contributed by atoms with Crippen LogP contribution in [0.3, 0.4) is 0 Å². The highest BCUT2D eigenvalue weighted by Crippen LogP contribution is 2.25. The molecule has 0 aliphatic rings.